The van der Waals surface area contributed by atoms with Crippen molar-refractivity contribution < 1.29 is 0 Å². The maximum atomic E-state index is 5.41. The fraction of sp³-hybridized carbons (Fsp3) is 0.800. The van der Waals surface area contributed by atoms with Crippen LogP contribution >= 0.6 is 11.5 Å². The third kappa shape index (κ3) is 3.35. The Morgan fingerprint density at radius 3 is 3.12 bits per heavy atom. The van der Waals surface area contributed by atoms with Crippen LogP contribution in [0.1, 0.15) is 12.1 Å². The van der Waals surface area contributed by atoms with E-state index in [0.717, 1.165) is 29.7 Å². The summed E-state index contributed by atoms with van der Waals surface area (Å²) in [6, 6.07) is 0. The molecule has 1 aliphatic heterocycles. The van der Waals surface area contributed by atoms with E-state index in [2.05, 4.69) is 38.9 Å². The number of nitrogen functional groups attached to an aromatic ring is 1. The van der Waals surface area contributed by atoms with Crippen LogP contribution in [0.25, 0.3) is 0 Å². The maximum Gasteiger partial charge on any atom is 0.148 e. The summed E-state index contributed by atoms with van der Waals surface area (Å²) in [5.74, 6) is 6.18. The summed E-state index contributed by atoms with van der Waals surface area (Å²) in [7, 11) is 4.30. The zero-order valence-electron chi connectivity index (χ0n) is 10.4. The monoisotopic (exact) mass is 256 g/mol. The first kappa shape index (κ1) is 12.7. The molecule has 1 saturated heterocycles. The van der Waals surface area contributed by atoms with Crippen molar-refractivity contribution >= 4 is 16.5 Å². The van der Waals surface area contributed by atoms with Gasteiger partial charge in [0.2, 0.25) is 0 Å². The second-order valence-electron chi connectivity index (χ2n) is 4.81. The van der Waals surface area contributed by atoms with Gasteiger partial charge in [0.25, 0.3) is 0 Å². The second kappa shape index (κ2) is 5.72. The van der Waals surface area contributed by atoms with Crippen molar-refractivity contribution in [1.82, 2.24) is 19.4 Å². The summed E-state index contributed by atoms with van der Waals surface area (Å²) >= 11 is 1.30. The minimum absolute atomic E-state index is 0.769. The molecule has 96 valence electrons. The van der Waals surface area contributed by atoms with Crippen molar-refractivity contribution in [2.24, 2.45) is 11.8 Å². The number of nitrogens with one attached hydrogen (secondary N) is 1. The molecule has 0 saturated carbocycles. The third-order valence-corrected chi connectivity index (χ3v) is 3.86. The number of nitrogens with zero attached hydrogens (tertiary/aromatic N) is 4. The Kier molecular flexibility index (Phi) is 4.27. The molecule has 6 nitrogen and oxygen atoms in total. The summed E-state index contributed by atoms with van der Waals surface area (Å²) in [6.07, 6.45) is 1.29. The maximum absolute atomic E-state index is 5.41. The molecule has 0 bridgehead atoms. The zero-order chi connectivity index (χ0) is 12.3. The molecule has 1 aromatic rings. The summed E-state index contributed by atoms with van der Waals surface area (Å²) in [4.78, 5) is 4.68. The molecule has 7 heteroatoms. The van der Waals surface area contributed by atoms with Crippen LogP contribution in [0.4, 0.5) is 5.00 Å². The second-order valence-corrected chi connectivity index (χ2v) is 5.56. The molecule has 1 unspecified atom stereocenters. The average Bonchev–Trinajstić information content (AvgIpc) is 2.87. The highest BCUT2D eigenvalue weighted by atomic mass is 32.1. The van der Waals surface area contributed by atoms with Crippen molar-refractivity contribution in [3.05, 3.63) is 5.69 Å². The van der Waals surface area contributed by atoms with Crippen molar-refractivity contribution in [3.8, 4) is 0 Å². The highest BCUT2D eigenvalue weighted by molar-refractivity contribution is 7.10. The first-order valence-corrected chi connectivity index (χ1v) is 6.61. The molecule has 1 aliphatic rings. The first-order valence-electron chi connectivity index (χ1n) is 5.84. The van der Waals surface area contributed by atoms with Gasteiger partial charge in [-0.15, -0.1) is 5.10 Å². The normalized spacial score (nSPS) is 21.3. The van der Waals surface area contributed by atoms with Gasteiger partial charge >= 0.3 is 0 Å². The summed E-state index contributed by atoms with van der Waals surface area (Å²) in [5, 5.41) is 4.95. The lowest BCUT2D eigenvalue weighted by atomic mass is 10.1. The van der Waals surface area contributed by atoms with E-state index >= 15 is 0 Å². The summed E-state index contributed by atoms with van der Waals surface area (Å²) in [5.41, 5.74) is 3.58. The number of likely N-dealkylation sites (tertiary alicyclic amines) is 1. The van der Waals surface area contributed by atoms with Crippen LogP contribution in [0.15, 0.2) is 0 Å². The van der Waals surface area contributed by atoms with Crippen LogP contribution in [0, 0.1) is 5.92 Å². The molecule has 0 spiro atoms. The number of anilines is 1. The Bertz CT molecular complexity index is 354. The van der Waals surface area contributed by atoms with Gasteiger partial charge in [0.1, 0.15) is 10.7 Å². The number of rotatable bonds is 5. The van der Waals surface area contributed by atoms with Crippen molar-refractivity contribution in [2.75, 3.05) is 39.2 Å². The topological polar surface area (TPSA) is 70.3 Å². The number of hydrogen-bond acceptors (Lipinski definition) is 7. The fourth-order valence-corrected chi connectivity index (χ4v) is 2.84. The molecule has 0 radical (unpaired) electrons. The van der Waals surface area contributed by atoms with Crippen LogP contribution in [0.5, 0.6) is 0 Å². The molecule has 0 amide bonds. The molecule has 0 aliphatic carbocycles. The quantitative estimate of drug-likeness (QED) is 0.579. The van der Waals surface area contributed by atoms with Gasteiger partial charge in [-0.1, -0.05) is 4.49 Å². The van der Waals surface area contributed by atoms with E-state index in [1.807, 2.05) is 0 Å². The van der Waals surface area contributed by atoms with Crippen LogP contribution < -0.4 is 11.3 Å². The lowest BCUT2D eigenvalue weighted by molar-refractivity contribution is 0.265. The Morgan fingerprint density at radius 2 is 2.47 bits per heavy atom. The van der Waals surface area contributed by atoms with Crippen molar-refractivity contribution in [3.63, 3.8) is 0 Å². The first-order chi connectivity index (χ1) is 8.19. The van der Waals surface area contributed by atoms with Crippen LogP contribution in [0.3, 0.4) is 0 Å². The lowest BCUT2D eigenvalue weighted by Crippen LogP contribution is -2.27. The van der Waals surface area contributed by atoms with Crippen molar-refractivity contribution in [2.45, 2.75) is 13.0 Å². The Hall–Kier alpha value is -0.760. The van der Waals surface area contributed by atoms with E-state index in [0.29, 0.717) is 0 Å². The molecule has 3 N–H and O–H groups in total. The summed E-state index contributed by atoms with van der Waals surface area (Å²) in [6.45, 7) is 4.32. The van der Waals surface area contributed by atoms with Crippen molar-refractivity contribution in [1.29, 1.82) is 0 Å². The minimum atomic E-state index is 0.769. The van der Waals surface area contributed by atoms with Crippen LogP contribution in [-0.4, -0.2) is 53.1 Å². The molecule has 17 heavy (non-hydrogen) atoms. The largest absolute Gasteiger partial charge is 0.313 e. The predicted octanol–water partition coefficient (Wildman–Crippen LogP) is 0.207. The van der Waals surface area contributed by atoms with Gasteiger partial charge in [-0.05, 0) is 33.0 Å². The molecule has 1 aromatic heterocycles. The van der Waals surface area contributed by atoms with Gasteiger partial charge in [0.05, 0.1) is 0 Å². The predicted molar refractivity (Wildman–Crippen MR) is 69.7 cm³/mol. The zero-order valence-corrected chi connectivity index (χ0v) is 11.2. The van der Waals surface area contributed by atoms with Gasteiger partial charge in [-0.3, -0.25) is 0 Å². The van der Waals surface area contributed by atoms with E-state index < -0.39 is 0 Å². The van der Waals surface area contributed by atoms with Gasteiger partial charge in [0, 0.05) is 31.2 Å². The third-order valence-electron chi connectivity index (χ3n) is 3.17. The number of hydrogen-bond donors (Lipinski definition) is 2. The fourth-order valence-electron chi connectivity index (χ4n) is 2.36. The number of nitrogens with two attached hydrogens (primary N) is 1. The minimum Gasteiger partial charge on any atom is -0.313 e. The number of aromatic nitrogens is 2. The van der Waals surface area contributed by atoms with Crippen LogP contribution in [-0.2, 0) is 6.54 Å². The van der Waals surface area contributed by atoms with Gasteiger partial charge in [-0.25, -0.2) is 5.84 Å². The summed E-state index contributed by atoms with van der Waals surface area (Å²) < 4.78 is 3.90. The van der Waals surface area contributed by atoms with E-state index in [1.165, 1.54) is 31.0 Å². The van der Waals surface area contributed by atoms with E-state index in [9.17, 15) is 0 Å². The van der Waals surface area contributed by atoms with Gasteiger partial charge in [-0.2, -0.15) is 0 Å². The Labute approximate surface area is 106 Å². The smallest absolute Gasteiger partial charge is 0.148 e. The van der Waals surface area contributed by atoms with E-state index in [4.69, 9.17) is 5.84 Å². The standard InChI is InChI=1S/C10H20N6S/c1-15-4-3-8(5-15)6-16(2)7-9-10(12-11)17-14-13-9/h8,12H,3-7,11H2,1-2H3. The Morgan fingerprint density at radius 1 is 1.65 bits per heavy atom. The SMILES string of the molecule is CN1CCC(CN(C)Cc2nnsc2NN)C1. The molecule has 1 fully saturated rings. The Balaban J connectivity index is 1.83. The van der Waals surface area contributed by atoms with Gasteiger partial charge in [0.15, 0.2) is 0 Å². The molecular formula is C10H20N6S. The molecular weight excluding hydrogens is 236 g/mol. The molecule has 1 atom stereocenters. The number of hydrazine groups is 1. The lowest BCUT2D eigenvalue weighted by Gasteiger charge is -2.20. The molecule has 0 aromatic carbocycles. The van der Waals surface area contributed by atoms with E-state index in [-0.39, 0.29) is 0 Å². The highest BCUT2D eigenvalue weighted by Crippen LogP contribution is 2.19. The van der Waals surface area contributed by atoms with Gasteiger partial charge < -0.3 is 15.2 Å². The van der Waals surface area contributed by atoms with Crippen LogP contribution in [0.2, 0.25) is 0 Å². The van der Waals surface area contributed by atoms with E-state index in [1.54, 1.807) is 0 Å². The molecule has 2 rings (SSSR count). The highest BCUT2D eigenvalue weighted by Gasteiger charge is 2.21. The molecule has 2 heterocycles. The average molecular weight is 256 g/mol.